The maximum absolute atomic E-state index is 3.93. The highest BCUT2D eigenvalue weighted by Gasteiger charge is 2.41. The average Bonchev–Trinajstić information content (AvgIpc) is 2.89. The molecule has 4 rings (SSSR count). The molecule has 1 aromatic rings. The summed E-state index contributed by atoms with van der Waals surface area (Å²) in [5.41, 5.74) is 1.45. The summed E-state index contributed by atoms with van der Waals surface area (Å²) < 4.78 is 0. The summed E-state index contributed by atoms with van der Waals surface area (Å²) in [4.78, 5) is 2.60. The maximum atomic E-state index is 3.93. The summed E-state index contributed by atoms with van der Waals surface area (Å²) in [6.07, 6.45) is 10.2. The van der Waals surface area contributed by atoms with Crippen LogP contribution in [0.25, 0.3) is 0 Å². The first-order chi connectivity index (χ1) is 10.4. The summed E-state index contributed by atoms with van der Waals surface area (Å²) in [5, 5.41) is 3.93. The number of fused-ring (bicyclic) bond motifs is 1. The van der Waals surface area contributed by atoms with Crippen LogP contribution < -0.4 is 5.32 Å². The first-order valence-corrected chi connectivity index (χ1v) is 8.57. The number of hydrogen-bond acceptors (Lipinski definition) is 2. The van der Waals surface area contributed by atoms with Crippen molar-refractivity contribution in [3.05, 3.63) is 48.0 Å². The molecule has 3 atom stereocenters. The zero-order valence-electron chi connectivity index (χ0n) is 12.7. The van der Waals surface area contributed by atoms with Crippen LogP contribution in [-0.2, 0) is 6.54 Å². The Balaban J connectivity index is 1.23. The Morgan fingerprint density at radius 1 is 1.10 bits per heavy atom. The summed E-state index contributed by atoms with van der Waals surface area (Å²) in [6.45, 7) is 3.59. The van der Waals surface area contributed by atoms with Gasteiger partial charge in [0.25, 0.3) is 0 Å². The van der Waals surface area contributed by atoms with Crippen LogP contribution in [0, 0.1) is 11.8 Å². The van der Waals surface area contributed by atoms with Gasteiger partial charge in [0.1, 0.15) is 0 Å². The van der Waals surface area contributed by atoms with Crippen LogP contribution in [0.2, 0.25) is 0 Å². The number of piperidine rings is 1. The van der Waals surface area contributed by atoms with Crippen LogP contribution in [0.15, 0.2) is 42.5 Å². The minimum atomic E-state index is 0.747. The number of nitrogens with zero attached hydrogens (tertiary/aromatic N) is 1. The molecule has 0 amide bonds. The van der Waals surface area contributed by atoms with Gasteiger partial charge in [0.15, 0.2) is 0 Å². The normalized spacial score (nSPS) is 32.9. The van der Waals surface area contributed by atoms with Gasteiger partial charge in [0.05, 0.1) is 0 Å². The van der Waals surface area contributed by atoms with E-state index in [1.807, 2.05) is 0 Å². The van der Waals surface area contributed by atoms with Gasteiger partial charge in [0, 0.05) is 18.6 Å². The third kappa shape index (κ3) is 2.93. The van der Waals surface area contributed by atoms with Crippen LogP contribution in [0.5, 0.6) is 0 Å². The molecule has 1 aliphatic heterocycles. The van der Waals surface area contributed by atoms with E-state index in [0.29, 0.717) is 0 Å². The number of rotatable bonds is 4. The molecule has 2 aliphatic carbocycles. The van der Waals surface area contributed by atoms with Crippen molar-refractivity contribution < 1.29 is 0 Å². The summed E-state index contributed by atoms with van der Waals surface area (Å²) in [5.74, 6) is 1.83. The monoisotopic (exact) mass is 282 g/mol. The Morgan fingerprint density at radius 3 is 2.67 bits per heavy atom. The van der Waals surface area contributed by atoms with E-state index in [4.69, 9.17) is 0 Å². The van der Waals surface area contributed by atoms with Crippen molar-refractivity contribution in [2.75, 3.05) is 13.1 Å². The van der Waals surface area contributed by atoms with Gasteiger partial charge >= 0.3 is 0 Å². The van der Waals surface area contributed by atoms with Crippen LogP contribution in [0.3, 0.4) is 0 Å². The van der Waals surface area contributed by atoms with Gasteiger partial charge in [-0.2, -0.15) is 0 Å². The van der Waals surface area contributed by atoms with Crippen molar-refractivity contribution in [1.82, 2.24) is 10.2 Å². The van der Waals surface area contributed by atoms with Gasteiger partial charge in [-0.15, -0.1) is 0 Å². The molecule has 1 heterocycles. The van der Waals surface area contributed by atoms with E-state index < -0.39 is 0 Å². The SMILES string of the molecule is C1=C[C@@H]2[C@@H](C1)C[C@@H]2NC1CCN(Cc2ccccc2)CC1. The van der Waals surface area contributed by atoms with Gasteiger partial charge in [-0.25, -0.2) is 0 Å². The topological polar surface area (TPSA) is 15.3 Å². The van der Waals surface area contributed by atoms with Crippen molar-refractivity contribution >= 4 is 0 Å². The van der Waals surface area contributed by atoms with Crippen molar-refractivity contribution in [1.29, 1.82) is 0 Å². The minimum absolute atomic E-state index is 0.747. The predicted molar refractivity (Wildman–Crippen MR) is 87.0 cm³/mol. The van der Waals surface area contributed by atoms with E-state index in [0.717, 1.165) is 30.5 Å². The molecule has 0 bridgehead atoms. The largest absolute Gasteiger partial charge is 0.311 e. The van der Waals surface area contributed by atoms with E-state index >= 15 is 0 Å². The third-order valence-corrected chi connectivity index (χ3v) is 5.65. The molecule has 2 fully saturated rings. The molecule has 0 aromatic heterocycles. The number of benzene rings is 1. The summed E-state index contributed by atoms with van der Waals surface area (Å²) in [7, 11) is 0. The third-order valence-electron chi connectivity index (χ3n) is 5.65. The van der Waals surface area contributed by atoms with Gasteiger partial charge < -0.3 is 5.32 Å². The number of allylic oxidation sites excluding steroid dienone is 1. The van der Waals surface area contributed by atoms with E-state index in [2.05, 4.69) is 52.7 Å². The molecule has 1 aromatic carbocycles. The molecular weight excluding hydrogens is 256 g/mol. The standard InChI is InChI=1S/C19H26N2/c1-2-5-15(6-3-1)14-21-11-9-17(10-12-21)20-19-13-16-7-4-8-18(16)19/h1-6,8,16-20H,7,9-14H2/t16-,18+,19-/m0/s1. The lowest BCUT2D eigenvalue weighted by Gasteiger charge is -2.44. The lowest BCUT2D eigenvalue weighted by atomic mass is 9.71. The van der Waals surface area contributed by atoms with Crippen LogP contribution in [0.4, 0.5) is 0 Å². The van der Waals surface area contributed by atoms with Gasteiger partial charge in [0.2, 0.25) is 0 Å². The molecular formula is C19H26N2. The van der Waals surface area contributed by atoms with Crippen molar-refractivity contribution in [2.24, 2.45) is 11.8 Å². The van der Waals surface area contributed by atoms with Gasteiger partial charge in [-0.3, -0.25) is 4.90 Å². The lowest BCUT2D eigenvalue weighted by Crippen LogP contribution is -2.54. The van der Waals surface area contributed by atoms with Crippen LogP contribution >= 0.6 is 0 Å². The summed E-state index contributed by atoms with van der Waals surface area (Å²) in [6, 6.07) is 12.4. The fourth-order valence-corrected chi connectivity index (χ4v) is 4.31. The molecule has 112 valence electrons. The lowest BCUT2D eigenvalue weighted by molar-refractivity contribution is 0.120. The number of nitrogens with one attached hydrogen (secondary N) is 1. The molecule has 0 radical (unpaired) electrons. The van der Waals surface area contributed by atoms with Gasteiger partial charge in [-0.05, 0) is 56.2 Å². The quantitative estimate of drug-likeness (QED) is 0.853. The van der Waals surface area contributed by atoms with Crippen LogP contribution in [0.1, 0.15) is 31.2 Å². The average molecular weight is 282 g/mol. The minimum Gasteiger partial charge on any atom is -0.311 e. The number of likely N-dealkylation sites (tertiary alicyclic amines) is 1. The van der Waals surface area contributed by atoms with Crippen LogP contribution in [-0.4, -0.2) is 30.1 Å². The Kier molecular flexibility index (Phi) is 3.83. The maximum Gasteiger partial charge on any atom is 0.0233 e. The molecule has 1 saturated heterocycles. The molecule has 2 nitrogen and oxygen atoms in total. The first kappa shape index (κ1) is 13.5. The highest BCUT2D eigenvalue weighted by molar-refractivity contribution is 5.15. The second-order valence-electron chi connectivity index (χ2n) is 7.05. The van der Waals surface area contributed by atoms with E-state index in [1.54, 1.807) is 0 Å². The zero-order valence-corrected chi connectivity index (χ0v) is 12.7. The molecule has 3 aliphatic rings. The summed E-state index contributed by atoms with van der Waals surface area (Å²) >= 11 is 0. The molecule has 0 unspecified atom stereocenters. The van der Waals surface area contributed by atoms with Crippen molar-refractivity contribution in [3.8, 4) is 0 Å². The Hall–Kier alpha value is -1.12. The second-order valence-corrected chi connectivity index (χ2v) is 7.05. The van der Waals surface area contributed by atoms with E-state index in [1.165, 1.54) is 44.3 Å². The first-order valence-electron chi connectivity index (χ1n) is 8.57. The van der Waals surface area contributed by atoms with Crippen molar-refractivity contribution in [2.45, 2.75) is 44.3 Å². The van der Waals surface area contributed by atoms with E-state index in [-0.39, 0.29) is 0 Å². The second kappa shape index (κ2) is 5.94. The molecule has 0 spiro atoms. The van der Waals surface area contributed by atoms with E-state index in [9.17, 15) is 0 Å². The smallest absolute Gasteiger partial charge is 0.0233 e. The Bertz CT molecular complexity index is 488. The highest BCUT2D eigenvalue weighted by atomic mass is 15.1. The van der Waals surface area contributed by atoms with Gasteiger partial charge in [-0.1, -0.05) is 42.5 Å². The molecule has 2 heteroatoms. The Morgan fingerprint density at radius 2 is 1.90 bits per heavy atom. The molecule has 1 N–H and O–H groups in total. The zero-order chi connectivity index (χ0) is 14.1. The molecule has 21 heavy (non-hydrogen) atoms. The number of hydrogen-bond donors (Lipinski definition) is 1. The fraction of sp³-hybridized carbons (Fsp3) is 0.579. The van der Waals surface area contributed by atoms with Crippen molar-refractivity contribution in [3.63, 3.8) is 0 Å². The Labute approximate surface area is 128 Å². The highest BCUT2D eigenvalue weighted by Crippen LogP contribution is 2.43. The fourth-order valence-electron chi connectivity index (χ4n) is 4.31. The predicted octanol–water partition coefficient (Wildman–Crippen LogP) is 3.21. The molecule has 1 saturated carbocycles.